The summed E-state index contributed by atoms with van der Waals surface area (Å²) < 4.78 is 11.3. The second-order valence-corrected chi connectivity index (χ2v) is 7.77. The Morgan fingerprint density at radius 1 is 1.14 bits per heavy atom. The Labute approximate surface area is 176 Å². The first-order chi connectivity index (χ1) is 13.4. The van der Waals surface area contributed by atoms with Gasteiger partial charge in [-0.25, -0.2) is 0 Å². The van der Waals surface area contributed by atoms with E-state index in [4.69, 9.17) is 32.4 Å². The van der Waals surface area contributed by atoms with Crippen LogP contribution in [0.15, 0.2) is 46.0 Å². The van der Waals surface area contributed by atoms with E-state index in [-0.39, 0.29) is 18.3 Å². The third kappa shape index (κ3) is 5.64. The number of para-hydroxylation sites is 1. The Morgan fingerprint density at radius 3 is 2.50 bits per heavy atom. The van der Waals surface area contributed by atoms with Crippen molar-refractivity contribution in [1.82, 2.24) is 10.2 Å². The van der Waals surface area contributed by atoms with Crippen molar-refractivity contribution in [3.05, 3.63) is 63.5 Å². The first-order valence-corrected chi connectivity index (χ1v) is 10.0. The fourth-order valence-corrected chi connectivity index (χ4v) is 3.57. The molecule has 0 fully saturated rings. The van der Waals surface area contributed by atoms with Gasteiger partial charge in [0.05, 0.1) is 5.75 Å². The third-order valence-electron chi connectivity index (χ3n) is 3.67. The molecule has 1 aromatic heterocycles. The summed E-state index contributed by atoms with van der Waals surface area (Å²) in [5.74, 6) is 1.00. The number of nitrogens with zero attached hydrogens (tertiary/aromatic N) is 2. The Hall–Kier alpha value is -2.22. The van der Waals surface area contributed by atoms with Gasteiger partial charge in [-0.3, -0.25) is 4.79 Å². The SMILES string of the molecule is Cc1cccc(C)c1OCc1nnc(SCC(=O)Nc2cc(Cl)cc(Cl)c2)o1. The van der Waals surface area contributed by atoms with Gasteiger partial charge < -0.3 is 14.5 Å². The highest BCUT2D eigenvalue weighted by molar-refractivity contribution is 7.99. The molecule has 0 aliphatic rings. The zero-order valence-corrected chi connectivity index (χ0v) is 17.5. The zero-order valence-electron chi connectivity index (χ0n) is 15.2. The van der Waals surface area contributed by atoms with Crippen molar-refractivity contribution >= 4 is 46.6 Å². The number of hydrogen-bond donors (Lipinski definition) is 1. The van der Waals surface area contributed by atoms with E-state index in [1.807, 2.05) is 32.0 Å². The second kappa shape index (κ2) is 9.32. The minimum Gasteiger partial charge on any atom is -0.483 e. The van der Waals surface area contributed by atoms with Crippen molar-refractivity contribution in [2.24, 2.45) is 0 Å². The molecule has 3 rings (SSSR count). The molecule has 1 heterocycles. The lowest BCUT2D eigenvalue weighted by atomic mass is 10.1. The van der Waals surface area contributed by atoms with Gasteiger partial charge in [-0.15, -0.1) is 10.2 Å². The minimum atomic E-state index is -0.241. The number of carbonyl (C=O) groups is 1. The van der Waals surface area contributed by atoms with E-state index >= 15 is 0 Å². The summed E-state index contributed by atoms with van der Waals surface area (Å²) in [4.78, 5) is 12.1. The van der Waals surface area contributed by atoms with Crippen LogP contribution in [-0.2, 0) is 11.4 Å². The highest BCUT2D eigenvalue weighted by atomic mass is 35.5. The maximum Gasteiger partial charge on any atom is 0.277 e. The molecule has 0 atom stereocenters. The summed E-state index contributed by atoms with van der Waals surface area (Å²) in [6.07, 6.45) is 0. The van der Waals surface area contributed by atoms with E-state index < -0.39 is 0 Å². The van der Waals surface area contributed by atoms with Gasteiger partial charge in [0.15, 0.2) is 6.61 Å². The van der Waals surface area contributed by atoms with Crippen LogP contribution < -0.4 is 10.1 Å². The minimum absolute atomic E-state index is 0.101. The molecule has 28 heavy (non-hydrogen) atoms. The molecular formula is C19H17Cl2N3O3S. The van der Waals surface area contributed by atoms with Gasteiger partial charge in [0.1, 0.15) is 5.75 Å². The average molecular weight is 438 g/mol. The standard InChI is InChI=1S/C19H17Cl2N3O3S/c1-11-4-3-5-12(2)18(11)26-9-17-23-24-19(27-17)28-10-16(25)22-15-7-13(20)6-14(21)8-15/h3-8H,9-10H2,1-2H3,(H,22,25). The lowest BCUT2D eigenvalue weighted by Crippen LogP contribution is -2.13. The number of anilines is 1. The van der Waals surface area contributed by atoms with E-state index in [2.05, 4.69) is 15.5 Å². The monoisotopic (exact) mass is 437 g/mol. The molecule has 1 N–H and O–H groups in total. The molecule has 3 aromatic rings. The number of amides is 1. The fourth-order valence-electron chi connectivity index (χ4n) is 2.47. The highest BCUT2D eigenvalue weighted by Gasteiger charge is 2.12. The van der Waals surface area contributed by atoms with E-state index in [9.17, 15) is 4.79 Å². The maximum atomic E-state index is 12.1. The fraction of sp³-hybridized carbons (Fsp3) is 0.211. The number of ether oxygens (including phenoxy) is 1. The lowest BCUT2D eigenvalue weighted by Gasteiger charge is -2.09. The highest BCUT2D eigenvalue weighted by Crippen LogP contribution is 2.25. The summed E-state index contributed by atoms with van der Waals surface area (Å²) >= 11 is 13.0. The number of hydrogen-bond acceptors (Lipinski definition) is 6. The van der Waals surface area contributed by atoms with Crippen molar-refractivity contribution < 1.29 is 13.9 Å². The Bertz CT molecular complexity index is 954. The van der Waals surface area contributed by atoms with Crippen molar-refractivity contribution in [1.29, 1.82) is 0 Å². The van der Waals surface area contributed by atoms with Crippen molar-refractivity contribution in [3.63, 3.8) is 0 Å². The number of halogens is 2. The van der Waals surface area contributed by atoms with Crippen LogP contribution in [0.2, 0.25) is 10.0 Å². The molecular weight excluding hydrogens is 421 g/mol. The second-order valence-electron chi connectivity index (χ2n) is 5.97. The molecule has 0 unspecified atom stereocenters. The average Bonchev–Trinajstić information content (AvgIpc) is 3.06. The summed E-state index contributed by atoms with van der Waals surface area (Å²) in [5.41, 5.74) is 2.59. The molecule has 0 aliphatic carbocycles. The van der Waals surface area contributed by atoms with Gasteiger partial charge in [-0.2, -0.15) is 0 Å². The summed E-state index contributed by atoms with van der Waals surface area (Å²) in [6, 6.07) is 10.7. The number of carbonyl (C=O) groups excluding carboxylic acids is 1. The lowest BCUT2D eigenvalue weighted by molar-refractivity contribution is -0.113. The number of aryl methyl sites for hydroxylation is 2. The predicted octanol–water partition coefficient (Wildman–Crippen LogP) is 5.30. The number of benzene rings is 2. The molecule has 0 saturated heterocycles. The van der Waals surface area contributed by atoms with Gasteiger partial charge >= 0.3 is 0 Å². The molecule has 2 aromatic carbocycles. The summed E-state index contributed by atoms with van der Waals surface area (Å²) in [5, 5.41) is 11.8. The quantitative estimate of drug-likeness (QED) is 0.505. The molecule has 146 valence electrons. The van der Waals surface area contributed by atoms with Crippen LogP contribution in [0.4, 0.5) is 5.69 Å². The molecule has 0 radical (unpaired) electrons. The summed E-state index contributed by atoms with van der Waals surface area (Å²) in [7, 11) is 0. The van der Waals surface area contributed by atoms with Gasteiger partial charge in [0.2, 0.25) is 5.91 Å². The Morgan fingerprint density at radius 2 is 1.82 bits per heavy atom. The van der Waals surface area contributed by atoms with E-state index in [0.717, 1.165) is 28.6 Å². The molecule has 0 bridgehead atoms. The first kappa shape index (κ1) is 20.5. The Kier molecular flexibility index (Phi) is 6.83. The van der Waals surface area contributed by atoms with Crippen LogP contribution in [0, 0.1) is 13.8 Å². The van der Waals surface area contributed by atoms with E-state index in [1.165, 1.54) is 0 Å². The normalized spacial score (nSPS) is 10.7. The predicted molar refractivity (Wildman–Crippen MR) is 110 cm³/mol. The van der Waals surface area contributed by atoms with Crippen LogP contribution in [0.1, 0.15) is 17.0 Å². The molecule has 1 amide bonds. The van der Waals surface area contributed by atoms with Gasteiger partial charge in [-0.05, 0) is 43.2 Å². The number of aromatic nitrogens is 2. The molecule has 0 spiro atoms. The third-order valence-corrected chi connectivity index (χ3v) is 4.92. The van der Waals surface area contributed by atoms with Crippen molar-refractivity contribution in [2.45, 2.75) is 25.7 Å². The molecule has 6 nitrogen and oxygen atoms in total. The first-order valence-electron chi connectivity index (χ1n) is 8.31. The van der Waals surface area contributed by atoms with Crippen LogP contribution >= 0.6 is 35.0 Å². The molecule has 9 heteroatoms. The maximum absolute atomic E-state index is 12.1. The number of nitrogens with one attached hydrogen (secondary N) is 1. The van der Waals surface area contributed by atoms with Gasteiger partial charge in [0.25, 0.3) is 11.1 Å². The van der Waals surface area contributed by atoms with Crippen LogP contribution in [0.3, 0.4) is 0 Å². The molecule has 0 saturated carbocycles. The largest absolute Gasteiger partial charge is 0.483 e. The topological polar surface area (TPSA) is 77.2 Å². The zero-order chi connectivity index (χ0) is 20.1. The van der Waals surface area contributed by atoms with Crippen molar-refractivity contribution in [3.8, 4) is 5.75 Å². The number of thioether (sulfide) groups is 1. The summed E-state index contributed by atoms with van der Waals surface area (Å²) in [6.45, 7) is 4.11. The van der Waals surface area contributed by atoms with Crippen LogP contribution in [0.25, 0.3) is 0 Å². The van der Waals surface area contributed by atoms with E-state index in [0.29, 0.717) is 26.8 Å². The molecule has 0 aliphatic heterocycles. The van der Waals surface area contributed by atoms with E-state index in [1.54, 1.807) is 18.2 Å². The smallest absolute Gasteiger partial charge is 0.277 e. The Balaban J connectivity index is 1.51. The van der Waals surface area contributed by atoms with Crippen molar-refractivity contribution in [2.75, 3.05) is 11.1 Å². The number of rotatable bonds is 7. The van der Waals surface area contributed by atoms with Gasteiger partial charge in [-0.1, -0.05) is 53.2 Å². The van der Waals surface area contributed by atoms with Crippen LogP contribution in [-0.4, -0.2) is 21.9 Å². The van der Waals surface area contributed by atoms with Crippen LogP contribution in [0.5, 0.6) is 5.75 Å². The van der Waals surface area contributed by atoms with Gasteiger partial charge in [0, 0.05) is 15.7 Å².